The van der Waals surface area contributed by atoms with Gasteiger partial charge < -0.3 is 0 Å². The first-order valence-corrected chi connectivity index (χ1v) is 8.58. The lowest BCUT2D eigenvalue weighted by Crippen LogP contribution is -2.10. The molecule has 2 heterocycles. The van der Waals surface area contributed by atoms with Gasteiger partial charge in [-0.05, 0) is 30.3 Å². The molecule has 0 fully saturated rings. The molecule has 0 amide bonds. The minimum atomic E-state index is -4.33. The van der Waals surface area contributed by atoms with Gasteiger partial charge in [-0.15, -0.1) is 0 Å². The van der Waals surface area contributed by atoms with Crippen molar-refractivity contribution in [1.82, 2.24) is 15.0 Å². The molecule has 2 N–H and O–H groups in total. The second-order valence-corrected chi connectivity index (χ2v) is 6.28. The number of hydrazone groups is 1. The molecular weight excluding hydrogens is 342 g/mol. The zero-order valence-electron chi connectivity index (χ0n) is 12.8. The highest BCUT2D eigenvalue weighted by molar-refractivity contribution is 7.85. The van der Waals surface area contributed by atoms with E-state index in [9.17, 15) is 13.0 Å². The second kappa shape index (κ2) is 7.16. The van der Waals surface area contributed by atoms with Gasteiger partial charge in [0.1, 0.15) is 5.71 Å². The van der Waals surface area contributed by atoms with Crippen LogP contribution in [0.2, 0.25) is 0 Å². The third-order valence-corrected chi connectivity index (χ3v) is 4.00. The van der Waals surface area contributed by atoms with E-state index < -0.39 is 10.1 Å². The molecule has 9 heteroatoms. The van der Waals surface area contributed by atoms with Crippen LogP contribution >= 0.6 is 0 Å². The van der Waals surface area contributed by atoms with E-state index in [-0.39, 0.29) is 10.8 Å². The lowest BCUT2D eigenvalue weighted by atomic mass is 10.1. The van der Waals surface area contributed by atoms with E-state index in [1.807, 2.05) is 0 Å². The van der Waals surface area contributed by atoms with Crippen molar-refractivity contribution in [3.8, 4) is 0 Å². The summed E-state index contributed by atoms with van der Waals surface area (Å²) in [5.41, 5.74) is 4.06. The van der Waals surface area contributed by atoms with Crippen LogP contribution in [0.15, 0.2) is 77.1 Å². The predicted molar refractivity (Wildman–Crippen MR) is 91.8 cm³/mol. The standard InChI is InChI=1S/C16H13N5O3S/c22-25(23,24)13-6-3-5-12(11-13)15(14-7-1-2-8-17-14)20-21-16-18-9-4-10-19-16/h1-11H,(H,18,19,21)(H,22,23,24)/b20-15-. The number of nitrogens with zero attached hydrogens (tertiary/aromatic N) is 4. The van der Waals surface area contributed by atoms with Crippen LogP contribution in [0.4, 0.5) is 5.95 Å². The fraction of sp³-hybridized carbons (Fsp3) is 0. The topological polar surface area (TPSA) is 117 Å². The molecule has 0 unspecified atom stereocenters. The maximum atomic E-state index is 11.4. The fourth-order valence-corrected chi connectivity index (χ4v) is 2.57. The van der Waals surface area contributed by atoms with Gasteiger partial charge in [-0.25, -0.2) is 15.4 Å². The molecule has 0 radical (unpaired) electrons. The lowest BCUT2D eigenvalue weighted by molar-refractivity contribution is 0.483. The largest absolute Gasteiger partial charge is 0.294 e. The average molecular weight is 355 g/mol. The summed E-state index contributed by atoms with van der Waals surface area (Å²) < 4.78 is 32.0. The molecule has 126 valence electrons. The predicted octanol–water partition coefficient (Wildman–Crippen LogP) is 1.98. The van der Waals surface area contributed by atoms with Crippen LogP contribution in [0.25, 0.3) is 0 Å². The molecule has 0 saturated heterocycles. The van der Waals surface area contributed by atoms with Gasteiger partial charge >= 0.3 is 0 Å². The Morgan fingerprint density at radius 2 is 1.72 bits per heavy atom. The number of hydrogen-bond acceptors (Lipinski definition) is 7. The molecule has 0 atom stereocenters. The van der Waals surface area contributed by atoms with Gasteiger partial charge in [-0.2, -0.15) is 13.5 Å². The molecule has 0 saturated carbocycles. The molecule has 1 aromatic carbocycles. The number of nitrogens with one attached hydrogen (secondary N) is 1. The van der Waals surface area contributed by atoms with Crippen molar-refractivity contribution in [2.24, 2.45) is 5.10 Å². The molecular formula is C16H13N5O3S. The molecule has 8 nitrogen and oxygen atoms in total. The summed E-state index contributed by atoms with van der Waals surface area (Å²) in [6.45, 7) is 0. The lowest BCUT2D eigenvalue weighted by Gasteiger charge is -2.08. The van der Waals surface area contributed by atoms with Gasteiger partial charge in [0.05, 0.1) is 10.6 Å². The monoisotopic (exact) mass is 355 g/mol. The molecule has 3 aromatic rings. The summed E-state index contributed by atoms with van der Waals surface area (Å²) in [5.74, 6) is 0.280. The first-order valence-electron chi connectivity index (χ1n) is 7.14. The molecule has 0 bridgehead atoms. The highest BCUT2D eigenvalue weighted by Gasteiger charge is 2.14. The number of pyridine rings is 1. The van der Waals surface area contributed by atoms with Crippen LogP contribution in [0.5, 0.6) is 0 Å². The number of aromatic nitrogens is 3. The minimum absolute atomic E-state index is 0.232. The van der Waals surface area contributed by atoms with Crippen LogP contribution < -0.4 is 5.43 Å². The Morgan fingerprint density at radius 3 is 2.40 bits per heavy atom. The third kappa shape index (κ3) is 4.22. The first-order chi connectivity index (χ1) is 12.0. The van der Waals surface area contributed by atoms with Crippen molar-refractivity contribution in [1.29, 1.82) is 0 Å². The molecule has 0 aliphatic rings. The number of hydrogen-bond donors (Lipinski definition) is 2. The van der Waals surface area contributed by atoms with E-state index in [4.69, 9.17) is 0 Å². The normalized spacial score (nSPS) is 12.0. The Bertz CT molecular complexity index is 993. The van der Waals surface area contributed by atoms with E-state index in [0.29, 0.717) is 17.0 Å². The van der Waals surface area contributed by atoms with Crippen molar-refractivity contribution in [2.45, 2.75) is 4.90 Å². The van der Waals surface area contributed by atoms with Crippen LogP contribution in [-0.2, 0) is 10.1 Å². The highest BCUT2D eigenvalue weighted by Crippen LogP contribution is 2.15. The Balaban J connectivity index is 2.06. The number of rotatable bonds is 5. The summed E-state index contributed by atoms with van der Waals surface area (Å²) in [7, 11) is -4.33. The van der Waals surface area contributed by atoms with Crippen molar-refractivity contribution in [3.05, 3.63) is 78.4 Å². The molecule has 0 aliphatic carbocycles. The van der Waals surface area contributed by atoms with Gasteiger partial charge in [0.2, 0.25) is 5.95 Å². The highest BCUT2D eigenvalue weighted by atomic mass is 32.2. The van der Waals surface area contributed by atoms with Crippen molar-refractivity contribution >= 4 is 21.8 Å². The molecule has 0 aliphatic heterocycles. The van der Waals surface area contributed by atoms with E-state index >= 15 is 0 Å². The van der Waals surface area contributed by atoms with E-state index in [2.05, 4.69) is 25.5 Å². The van der Waals surface area contributed by atoms with Gasteiger partial charge in [0.15, 0.2) is 0 Å². The summed E-state index contributed by atoms with van der Waals surface area (Å²) >= 11 is 0. The van der Waals surface area contributed by atoms with Crippen molar-refractivity contribution in [3.63, 3.8) is 0 Å². The second-order valence-electron chi connectivity index (χ2n) is 4.86. The average Bonchev–Trinajstić information content (AvgIpc) is 2.63. The Kier molecular flexibility index (Phi) is 4.78. The minimum Gasteiger partial charge on any atom is -0.282 e. The smallest absolute Gasteiger partial charge is 0.282 e. The van der Waals surface area contributed by atoms with Crippen molar-refractivity contribution in [2.75, 3.05) is 5.43 Å². The quantitative estimate of drug-likeness (QED) is 0.408. The van der Waals surface area contributed by atoms with E-state index in [1.54, 1.807) is 48.9 Å². The first kappa shape index (κ1) is 16.7. The van der Waals surface area contributed by atoms with Crippen molar-refractivity contribution < 1.29 is 13.0 Å². The Labute approximate surface area is 144 Å². The zero-order valence-corrected chi connectivity index (χ0v) is 13.6. The summed E-state index contributed by atoms with van der Waals surface area (Å²) in [6, 6.07) is 12.7. The molecule has 25 heavy (non-hydrogen) atoms. The molecule has 0 spiro atoms. The maximum absolute atomic E-state index is 11.4. The number of benzene rings is 1. The fourth-order valence-electron chi connectivity index (χ4n) is 2.04. The van der Waals surface area contributed by atoms with Gasteiger partial charge in [-0.3, -0.25) is 9.54 Å². The van der Waals surface area contributed by atoms with Gasteiger partial charge in [-0.1, -0.05) is 18.2 Å². The maximum Gasteiger partial charge on any atom is 0.294 e. The summed E-state index contributed by atoms with van der Waals surface area (Å²) in [6.07, 6.45) is 4.71. The van der Waals surface area contributed by atoms with E-state index in [1.165, 1.54) is 18.2 Å². The van der Waals surface area contributed by atoms with Crippen LogP contribution in [-0.4, -0.2) is 33.6 Å². The molecule has 2 aromatic heterocycles. The van der Waals surface area contributed by atoms with Crippen LogP contribution in [0.1, 0.15) is 11.3 Å². The van der Waals surface area contributed by atoms with Crippen LogP contribution in [0, 0.1) is 0 Å². The summed E-state index contributed by atoms with van der Waals surface area (Å²) in [4.78, 5) is 12.0. The molecule has 3 rings (SSSR count). The zero-order chi connectivity index (χ0) is 17.7. The van der Waals surface area contributed by atoms with Gasteiger partial charge in [0, 0.05) is 24.2 Å². The Morgan fingerprint density at radius 1 is 0.960 bits per heavy atom. The number of anilines is 1. The third-order valence-electron chi connectivity index (χ3n) is 3.15. The van der Waals surface area contributed by atoms with Crippen LogP contribution in [0.3, 0.4) is 0 Å². The van der Waals surface area contributed by atoms with E-state index in [0.717, 1.165) is 0 Å². The SMILES string of the molecule is O=S(=O)(O)c1cccc(/C(=N/Nc2ncccn2)c2ccccn2)c1. The van der Waals surface area contributed by atoms with Gasteiger partial charge in [0.25, 0.3) is 10.1 Å². The summed E-state index contributed by atoms with van der Waals surface area (Å²) in [5, 5.41) is 4.26. The Hall–Kier alpha value is -3.17.